The Kier molecular flexibility index (Phi) is 6.16. The first kappa shape index (κ1) is 18.2. The van der Waals surface area contributed by atoms with Gasteiger partial charge in [0.15, 0.2) is 0 Å². The largest absolute Gasteiger partial charge is 0.497 e. The van der Waals surface area contributed by atoms with Crippen LogP contribution in [-0.2, 0) is 9.53 Å². The molecule has 0 aliphatic carbocycles. The van der Waals surface area contributed by atoms with Crippen molar-refractivity contribution in [2.75, 3.05) is 54.6 Å². The smallest absolute Gasteiger partial charge is 0.327 e. The van der Waals surface area contributed by atoms with Crippen molar-refractivity contribution in [1.82, 2.24) is 14.7 Å². The molecule has 0 spiro atoms. The maximum atomic E-state index is 12.4. The first-order chi connectivity index (χ1) is 11.5. The van der Waals surface area contributed by atoms with E-state index in [1.165, 1.54) is 9.80 Å². The molecule has 0 radical (unpaired) electrons. The van der Waals surface area contributed by atoms with Crippen molar-refractivity contribution in [3.05, 3.63) is 29.8 Å². The van der Waals surface area contributed by atoms with Gasteiger partial charge in [-0.1, -0.05) is 12.1 Å². The SMILES string of the molecule is COCCN1CC(=O)N(CC(c2ccc(OC)cc2)N(C)C)C1=O. The minimum Gasteiger partial charge on any atom is -0.497 e. The van der Waals surface area contributed by atoms with Crippen LogP contribution in [-0.4, -0.2) is 81.2 Å². The van der Waals surface area contributed by atoms with E-state index >= 15 is 0 Å². The Morgan fingerprint density at radius 3 is 2.38 bits per heavy atom. The van der Waals surface area contributed by atoms with Crippen molar-refractivity contribution in [2.24, 2.45) is 0 Å². The lowest BCUT2D eigenvalue weighted by atomic mass is 10.1. The maximum absolute atomic E-state index is 12.4. The summed E-state index contributed by atoms with van der Waals surface area (Å²) in [6.07, 6.45) is 0. The zero-order chi connectivity index (χ0) is 17.7. The number of ether oxygens (including phenoxy) is 2. The monoisotopic (exact) mass is 335 g/mol. The third-order valence-corrected chi connectivity index (χ3v) is 4.17. The lowest BCUT2D eigenvalue weighted by molar-refractivity contribution is -0.125. The van der Waals surface area contributed by atoms with E-state index in [9.17, 15) is 9.59 Å². The average molecular weight is 335 g/mol. The van der Waals surface area contributed by atoms with Crippen molar-refractivity contribution in [1.29, 1.82) is 0 Å². The molecule has 0 bridgehead atoms. The summed E-state index contributed by atoms with van der Waals surface area (Å²) >= 11 is 0. The van der Waals surface area contributed by atoms with Gasteiger partial charge in [-0.05, 0) is 31.8 Å². The normalized spacial score (nSPS) is 16.2. The van der Waals surface area contributed by atoms with Crippen LogP contribution in [0.15, 0.2) is 24.3 Å². The van der Waals surface area contributed by atoms with Gasteiger partial charge in [0, 0.05) is 13.7 Å². The predicted octanol–water partition coefficient (Wildman–Crippen LogP) is 1.21. The number of amides is 3. The molecule has 132 valence electrons. The van der Waals surface area contributed by atoms with Crippen LogP contribution in [0.4, 0.5) is 4.79 Å². The fourth-order valence-corrected chi connectivity index (χ4v) is 2.72. The Bertz CT molecular complexity index is 574. The van der Waals surface area contributed by atoms with Gasteiger partial charge < -0.3 is 19.3 Å². The molecule has 0 aromatic heterocycles. The molecule has 3 amide bonds. The van der Waals surface area contributed by atoms with Gasteiger partial charge in [0.1, 0.15) is 12.3 Å². The second kappa shape index (κ2) is 8.12. The molecule has 7 heteroatoms. The average Bonchev–Trinajstić information content (AvgIpc) is 2.84. The second-order valence-electron chi connectivity index (χ2n) is 5.95. The number of hydrogen-bond acceptors (Lipinski definition) is 5. The quantitative estimate of drug-likeness (QED) is 0.668. The fraction of sp³-hybridized carbons (Fsp3) is 0.529. The van der Waals surface area contributed by atoms with Crippen LogP contribution >= 0.6 is 0 Å². The van der Waals surface area contributed by atoms with Gasteiger partial charge in [-0.25, -0.2) is 4.79 Å². The van der Waals surface area contributed by atoms with Crippen LogP contribution in [0.2, 0.25) is 0 Å². The van der Waals surface area contributed by atoms with Crippen molar-refractivity contribution in [3.63, 3.8) is 0 Å². The number of rotatable bonds is 8. The number of carbonyl (C=O) groups excluding carboxylic acids is 2. The molecule has 1 saturated heterocycles. The molecular formula is C17H25N3O4. The number of imide groups is 1. The maximum Gasteiger partial charge on any atom is 0.327 e. The van der Waals surface area contributed by atoms with Gasteiger partial charge in [-0.2, -0.15) is 0 Å². The van der Waals surface area contributed by atoms with E-state index < -0.39 is 0 Å². The summed E-state index contributed by atoms with van der Waals surface area (Å²) < 4.78 is 10.2. The minimum absolute atomic E-state index is 0.0776. The summed E-state index contributed by atoms with van der Waals surface area (Å²) in [5.74, 6) is 0.604. The lowest BCUT2D eigenvalue weighted by Crippen LogP contribution is -2.40. The van der Waals surface area contributed by atoms with E-state index in [1.807, 2.05) is 43.3 Å². The third-order valence-electron chi connectivity index (χ3n) is 4.17. The van der Waals surface area contributed by atoms with Crippen LogP contribution in [0.5, 0.6) is 5.75 Å². The summed E-state index contributed by atoms with van der Waals surface area (Å²) in [6.45, 7) is 1.28. The molecule has 1 aromatic carbocycles. The Hall–Kier alpha value is -2.12. The Morgan fingerprint density at radius 2 is 1.83 bits per heavy atom. The molecule has 7 nitrogen and oxygen atoms in total. The number of urea groups is 1. The molecule has 24 heavy (non-hydrogen) atoms. The number of hydrogen-bond donors (Lipinski definition) is 0. The number of benzene rings is 1. The summed E-state index contributed by atoms with van der Waals surface area (Å²) in [5, 5.41) is 0. The van der Waals surface area contributed by atoms with Crippen molar-refractivity contribution >= 4 is 11.9 Å². The van der Waals surface area contributed by atoms with Crippen LogP contribution < -0.4 is 4.74 Å². The molecule has 0 N–H and O–H groups in total. The van der Waals surface area contributed by atoms with Gasteiger partial charge in [-0.15, -0.1) is 0 Å². The standard InChI is InChI=1S/C17H25N3O4/c1-18(2)15(13-5-7-14(24-4)8-6-13)11-20-16(21)12-19(17(20)22)9-10-23-3/h5-8,15H,9-12H2,1-4H3. The number of methoxy groups -OCH3 is 2. The molecule has 1 aliphatic heterocycles. The number of nitrogens with zero attached hydrogens (tertiary/aromatic N) is 3. The van der Waals surface area contributed by atoms with E-state index in [0.717, 1.165) is 11.3 Å². The lowest BCUT2D eigenvalue weighted by Gasteiger charge is -2.28. The van der Waals surface area contributed by atoms with Gasteiger partial charge in [0.25, 0.3) is 0 Å². The summed E-state index contributed by atoms with van der Waals surface area (Å²) in [7, 11) is 7.06. The number of carbonyl (C=O) groups is 2. The Labute approximate surface area is 142 Å². The Balaban J connectivity index is 2.12. The molecule has 1 unspecified atom stereocenters. The Morgan fingerprint density at radius 1 is 1.17 bits per heavy atom. The summed E-state index contributed by atoms with van der Waals surface area (Å²) in [6, 6.07) is 7.34. The topological polar surface area (TPSA) is 62.3 Å². The fourth-order valence-electron chi connectivity index (χ4n) is 2.72. The highest BCUT2D eigenvalue weighted by molar-refractivity contribution is 6.02. The van der Waals surface area contributed by atoms with Crippen LogP contribution in [0.1, 0.15) is 11.6 Å². The van der Waals surface area contributed by atoms with Crippen LogP contribution in [0, 0.1) is 0 Å². The highest BCUT2D eigenvalue weighted by atomic mass is 16.5. The van der Waals surface area contributed by atoms with Crippen LogP contribution in [0.3, 0.4) is 0 Å². The predicted molar refractivity (Wildman–Crippen MR) is 90.0 cm³/mol. The van der Waals surface area contributed by atoms with Gasteiger partial charge in [-0.3, -0.25) is 9.69 Å². The minimum atomic E-state index is -0.252. The summed E-state index contributed by atoms with van der Waals surface area (Å²) in [4.78, 5) is 29.5. The molecule has 1 heterocycles. The first-order valence-electron chi connectivity index (χ1n) is 7.86. The van der Waals surface area contributed by atoms with Crippen molar-refractivity contribution in [2.45, 2.75) is 6.04 Å². The molecule has 2 rings (SSSR count). The second-order valence-corrected chi connectivity index (χ2v) is 5.95. The molecule has 1 aromatic rings. The summed E-state index contributed by atoms with van der Waals surface area (Å²) in [5.41, 5.74) is 1.02. The first-order valence-corrected chi connectivity index (χ1v) is 7.86. The van der Waals surface area contributed by atoms with E-state index in [-0.39, 0.29) is 24.5 Å². The zero-order valence-corrected chi connectivity index (χ0v) is 14.7. The molecule has 0 saturated carbocycles. The van der Waals surface area contributed by atoms with Crippen LogP contribution in [0.25, 0.3) is 0 Å². The van der Waals surface area contributed by atoms with E-state index in [1.54, 1.807) is 14.2 Å². The molecule has 1 fully saturated rings. The van der Waals surface area contributed by atoms with Gasteiger partial charge in [0.2, 0.25) is 5.91 Å². The molecule has 1 atom stereocenters. The van der Waals surface area contributed by atoms with Crippen molar-refractivity contribution in [3.8, 4) is 5.75 Å². The highest BCUT2D eigenvalue weighted by Crippen LogP contribution is 2.24. The zero-order valence-electron chi connectivity index (χ0n) is 14.7. The van der Waals surface area contributed by atoms with E-state index in [4.69, 9.17) is 9.47 Å². The van der Waals surface area contributed by atoms with E-state index in [0.29, 0.717) is 19.7 Å². The third kappa shape index (κ3) is 4.04. The van der Waals surface area contributed by atoms with Gasteiger partial charge in [0.05, 0.1) is 26.3 Å². The molecule has 1 aliphatic rings. The highest BCUT2D eigenvalue weighted by Gasteiger charge is 2.37. The molecular weight excluding hydrogens is 310 g/mol. The number of likely N-dealkylation sites (N-methyl/N-ethyl adjacent to an activating group) is 1. The van der Waals surface area contributed by atoms with E-state index in [2.05, 4.69) is 0 Å². The van der Waals surface area contributed by atoms with Crippen molar-refractivity contribution < 1.29 is 19.1 Å². The van der Waals surface area contributed by atoms with Gasteiger partial charge >= 0.3 is 6.03 Å².